The molecule has 0 aromatic heterocycles. The molecule has 0 aliphatic carbocycles. The monoisotopic (exact) mass is 597 g/mol. The molecule has 4 rings (SSSR count). The molecule has 0 unspecified atom stereocenters. The van der Waals surface area contributed by atoms with Gasteiger partial charge >= 0.3 is 11.9 Å². The van der Waals surface area contributed by atoms with Crippen LogP contribution < -0.4 is 14.2 Å². The van der Waals surface area contributed by atoms with Crippen molar-refractivity contribution in [2.75, 3.05) is 54.7 Å². The number of methoxy groups -OCH3 is 3. The fourth-order valence-electron chi connectivity index (χ4n) is 5.03. The molecule has 0 N–H and O–H groups in total. The predicted octanol–water partition coefficient (Wildman–Crippen LogP) is 6.26. The molecule has 0 heterocycles. The molecular weight excluding hydrogens is 558 g/mol. The molecule has 0 aliphatic rings. The summed E-state index contributed by atoms with van der Waals surface area (Å²) in [7, 11) is 6.62. The van der Waals surface area contributed by atoms with Gasteiger partial charge in [0.25, 0.3) is 0 Å². The van der Waals surface area contributed by atoms with Crippen LogP contribution in [-0.4, -0.2) is 71.5 Å². The Morgan fingerprint density at radius 3 is 1.80 bits per heavy atom. The Bertz CT molecular complexity index is 1570. The number of ether oxygens (including phenoxy) is 5. The van der Waals surface area contributed by atoms with Gasteiger partial charge in [0.05, 0.1) is 40.1 Å². The van der Waals surface area contributed by atoms with Crippen molar-refractivity contribution in [2.24, 2.45) is 0 Å². The highest BCUT2D eigenvalue weighted by Crippen LogP contribution is 2.38. The SMILES string of the molecule is COc1cc(C#CC(=O)OCCCCN(C)CCCCOC(=O)c2c3ccccc3cc3ccccc23)cc(OC)c1OC. The van der Waals surface area contributed by atoms with Crippen molar-refractivity contribution in [1.29, 1.82) is 0 Å². The zero-order valence-electron chi connectivity index (χ0n) is 25.8. The standard InChI is InChI=1S/C36H39NO7/c1-37(19-9-11-21-43-33(38)18-17-26-23-31(40-2)35(42-4)32(24-26)41-3)20-10-12-22-44-36(39)34-29-15-7-5-13-27(29)25-28-14-6-8-16-30(28)34/h5-8,13-16,23-25H,9-12,19-22H2,1-4H3. The van der Waals surface area contributed by atoms with Crippen LogP contribution in [0.25, 0.3) is 21.5 Å². The second-order valence-corrected chi connectivity index (χ2v) is 10.3. The Hall–Kier alpha value is -4.74. The lowest BCUT2D eigenvalue weighted by Crippen LogP contribution is -2.21. The number of nitrogens with zero attached hydrogens (tertiary/aromatic N) is 1. The molecule has 0 saturated carbocycles. The summed E-state index contributed by atoms with van der Waals surface area (Å²) >= 11 is 0. The maximum atomic E-state index is 13.1. The maximum absolute atomic E-state index is 13.1. The molecule has 0 radical (unpaired) electrons. The molecular formula is C36H39NO7. The Kier molecular flexibility index (Phi) is 11.8. The maximum Gasteiger partial charge on any atom is 0.384 e. The fourth-order valence-corrected chi connectivity index (χ4v) is 5.03. The number of unbranched alkanes of at least 4 members (excludes halogenated alkanes) is 2. The minimum absolute atomic E-state index is 0.283. The number of rotatable bonds is 14. The van der Waals surface area contributed by atoms with Crippen molar-refractivity contribution in [3.05, 3.63) is 77.9 Å². The highest BCUT2D eigenvalue weighted by Gasteiger charge is 2.16. The normalized spacial score (nSPS) is 10.8. The lowest BCUT2D eigenvalue weighted by atomic mass is 9.97. The summed E-state index contributed by atoms with van der Waals surface area (Å²) in [6.45, 7) is 2.43. The molecule has 4 aromatic rings. The summed E-state index contributed by atoms with van der Waals surface area (Å²) in [6.07, 6.45) is 3.30. The zero-order chi connectivity index (χ0) is 31.3. The second kappa shape index (κ2) is 16.2. The highest BCUT2D eigenvalue weighted by atomic mass is 16.5. The number of hydrogen-bond donors (Lipinski definition) is 0. The first kappa shape index (κ1) is 32.2. The van der Waals surface area contributed by atoms with Crippen LogP contribution in [-0.2, 0) is 14.3 Å². The van der Waals surface area contributed by atoms with Gasteiger partial charge in [0, 0.05) is 11.5 Å². The third-order valence-electron chi connectivity index (χ3n) is 7.28. The van der Waals surface area contributed by atoms with Crippen molar-refractivity contribution in [1.82, 2.24) is 4.90 Å². The van der Waals surface area contributed by atoms with Crippen LogP contribution in [0, 0.1) is 11.8 Å². The van der Waals surface area contributed by atoms with E-state index in [9.17, 15) is 9.59 Å². The van der Waals surface area contributed by atoms with Crippen LogP contribution in [0.15, 0.2) is 66.7 Å². The lowest BCUT2D eigenvalue weighted by molar-refractivity contribution is -0.136. The number of esters is 2. The summed E-state index contributed by atoms with van der Waals surface area (Å²) < 4.78 is 26.9. The zero-order valence-corrected chi connectivity index (χ0v) is 25.8. The number of benzene rings is 4. The van der Waals surface area contributed by atoms with Gasteiger partial charge in [0.1, 0.15) is 0 Å². The van der Waals surface area contributed by atoms with E-state index in [1.165, 1.54) is 21.3 Å². The average molecular weight is 598 g/mol. The molecule has 0 aliphatic heterocycles. The number of hydrogen-bond acceptors (Lipinski definition) is 8. The van der Waals surface area contributed by atoms with Gasteiger partial charge in [0.2, 0.25) is 5.75 Å². The molecule has 0 fully saturated rings. The summed E-state index contributed by atoms with van der Waals surface area (Å²) in [5.41, 5.74) is 1.18. The van der Waals surface area contributed by atoms with Crippen LogP contribution in [0.3, 0.4) is 0 Å². The third-order valence-corrected chi connectivity index (χ3v) is 7.28. The van der Waals surface area contributed by atoms with Gasteiger partial charge in [-0.25, -0.2) is 9.59 Å². The Balaban J connectivity index is 1.13. The van der Waals surface area contributed by atoms with Crippen LogP contribution in [0.5, 0.6) is 17.2 Å². The Labute approximate surface area is 258 Å². The van der Waals surface area contributed by atoms with E-state index in [-0.39, 0.29) is 5.97 Å². The van der Waals surface area contributed by atoms with E-state index < -0.39 is 5.97 Å². The van der Waals surface area contributed by atoms with Crippen LogP contribution in [0.4, 0.5) is 0 Å². The summed E-state index contributed by atoms with van der Waals surface area (Å²) in [4.78, 5) is 27.4. The average Bonchev–Trinajstić information content (AvgIpc) is 3.05. The second-order valence-electron chi connectivity index (χ2n) is 10.3. The minimum Gasteiger partial charge on any atom is -0.493 e. The smallest absolute Gasteiger partial charge is 0.384 e. The van der Waals surface area contributed by atoms with Gasteiger partial charge in [-0.2, -0.15) is 0 Å². The van der Waals surface area contributed by atoms with Crippen molar-refractivity contribution in [3.63, 3.8) is 0 Å². The van der Waals surface area contributed by atoms with E-state index in [2.05, 4.69) is 29.9 Å². The van der Waals surface area contributed by atoms with Crippen LogP contribution >= 0.6 is 0 Å². The van der Waals surface area contributed by atoms with E-state index in [1.807, 2.05) is 48.5 Å². The van der Waals surface area contributed by atoms with Gasteiger partial charge in [-0.1, -0.05) is 54.5 Å². The van der Waals surface area contributed by atoms with Gasteiger partial charge in [-0.05, 0) is 85.6 Å². The van der Waals surface area contributed by atoms with Gasteiger partial charge in [-0.15, -0.1) is 0 Å². The first-order valence-corrected chi connectivity index (χ1v) is 14.7. The van der Waals surface area contributed by atoms with Crippen molar-refractivity contribution in [2.45, 2.75) is 25.7 Å². The van der Waals surface area contributed by atoms with Crippen molar-refractivity contribution in [3.8, 4) is 29.1 Å². The Morgan fingerprint density at radius 1 is 0.705 bits per heavy atom. The molecule has 8 heteroatoms. The minimum atomic E-state index is -0.585. The van der Waals surface area contributed by atoms with Crippen LogP contribution in [0.1, 0.15) is 41.6 Å². The van der Waals surface area contributed by atoms with Crippen molar-refractivity contribution >= 4 is 33.5 Å². The van der Waals surface area contributed by atoms with E-state index in [0.717, 1.165) is 60.3 Å². The number of carbonyl (C=O) groups excluding carboxylic acids is 2. The topological polar surface area (TPSA) is 83.5 Å². The van der Waals surface area contributed by atoms with E-state index in [0.29, 0.717) is 41.6 Å². The van der Waals surface area contributed by atoms with Crippen molar-refractivity contribution < 1.29 is 33.3 Å². The molecule has 0 atom stereocenters. The third kappa shape index (κ3) is 8.42. The van der Waals surface area contributed by atoms with E-state index >= 15 is 0 Å². The number of carbonyl (C=O) groups is 2. The Morgan fingerprint density at radius 2 is 1.25 bits per heavy atom. The largest absolute Gasteiger partial charge is 0.493 e. The first-order valence-electron chi connectivity index (χ1n) is 14.7. The lowest BCUT2D eigenvalue weighted by Gasteiger charge is -2.16. The van der Waals surface area contributed by atoms with Crippen LogP contribution in [0.2, 0.25) is 0 Å². The summed E-state index contributed by atoms with van der Waals surface area (Å²) in [5, 5.41) is 3.87. The summed E-state index contributed by atoms with van der Waals surface area (Å²) in [5.74, 6) is 5.81. The van der Waals surface area contributed by atoms with Gasteiger partial charge < -0.3 is 28.6 Å². The fraction of sp³-hybridized carbons (Fsp3) is 0.333. The molecule has 0 saturated heterocycles. The quantitative estimate of drug-likeness (QED) is 0.0729. The highest BCUT2D eigenvalue weighted by molar-refractivity contribution is 6.16. The predicted molar refractivity (Wildman–Crippen MR) is 172 cm³/mol. The van der Waals surface area contributed by atoms with Gasteiger partial charge in [-0.3, -0.25) is 0 Å². The molecule has 44 heavy (non-hydrogen) atoms. The molecule has 230 valence electrons. The molecule has 0 spiro atoms. The molecule has 4 aromatic carbocycles. The number of fused-ring (bicyclic) bond motifs is 2. The first-order chi connectivity index (χ1) is 21.4. The van der Waals surface area contributed by atoms with Gasteiger partial charge in [0.15, 0.2) is 11.5 Å². The summed E-state index contributed by atoms with van der Waals surface area (Å²) in [6, 6.07) is 21.3. The van der Waals surface area contributed by atoms with E-state index in [4.69, 9.17) is 23.7 Å². The molecule has 8 nitrogen and oxygen atoms in total. The molecule has 0 amide bonds. The molecule has 0 bridgehead atoms. The van der Waals surface area contributed by atoms with E-state index in [1.54, 1.807) is 12.1 Å².